The second-order valence-electron chi connectivity index (χ2n) is 5.24. The first-order chi connectivity index (χ1) is 10.2. The molecule has 1 aliphatic heterocycles. The number of halogens is 1. The molecule has 0 saturated heterocycles. The van der Waals surface area contributed by atoms with E-state index in [-0.39, 0.29) is 6.04 Å². The normalized spacial score (nSPS) is 20.7. The fourth-order valence-corrected chi connectivity index (χ4v) is 2.77. The van der Waals surface area contributed by atoms with Crippen molar-refractivity contribution in [2.24, 2.45) is 7.05 Å². The van der Waals surface area contributed by atoms with Crippen LogP contribution in [-0.4, -0.2) is 24.5 Å². The Labute approximate surface area is 121 Å². The molecule has 0 fully saturated rings. The molecule has 1 aliphatic rings. The molecule has 4 rings (SSSR count). The summed E-state index contributed by atoms with van der Waals surface area (Å²) in [6, 6.07) is 11.6. The van der Waals surface area contributed by atoms with Crippen LogP contribution in [0.2, 0.25) is 0 Å². The number of aryl methyl sites for hydroxylation is 1. The minimum absolute atomic E-state index is 0.0961. The van der Waals surface area contributed by atoms with Crippen LogP contribution in [0.3, 0.4) is 0 Å². The lowest BCUT2D eigenvalue weighted by Gasteiger charge is -2.11. The molecule has 3 aromatic rings. The highest BCUT2D eigenvalue weighted by Gasteiger charge is 2.35. The van der Waals surface area contributed by atoms with Crippen molar-refractivity contribution < 1.29 is 4.39 Å². The van der Waals surface area contributed by atoms with Crippen molar-refractivity contribution in [3.8, 4) is 11.5 Å². The summed E-state index contributed by atoms with van der Waals surface area (Å²) in [7, 11) is 1.83. The van der Waals surface area contributed by atoms with Gasteiger partial charge in [0.15, 0.2) is 12.0 Å². The van der Waals surface area contributed by atoms with E-state index in [0.717, 1.165) is 5.56 Å². The number of nitrogens with zero attached hydrogens (tertiary/aromatic N) is 5. The number of benzene rings is 1. The van der Waals surface area contributed by atoms with E-state index >= 15 is 0 Å². The highest BCUT2D eigenvalue weighted by molar-refractivity contribution is 5.48. The number of alkyl halides is 1. The predicted octanol–water partition coefficient (Wildman–Crippen LogP) is 2.68. The summed E-state index contributed by atoms with van der Waals surface area (Å²) >= 11 is 0. The molecule has 0 unspecified atom stereocenters. The van der Waals surface area contributed by atoms with Crippen LogP contribution in [0.5, 0.6) is 0 Å². The molecule has 3 heterocycles. The van der Waals surface area contributed by atoms with E-state index in [1.165, 1.54) is 0 Å². The standard InChI is InChI=1S/C15H14FN5/c1-20-8-7-12(18-20)14-17-15-11(16)9-13(21(15)19-14)10-5-3-2-4-6-10/h2-8,11,13H,9H2,1H3/t11-,13-/m0/s1. The summed E-state index contributed by atoms with van der Waals surface area (Å²) in [6.07, 6.45) is 1.13. The summed E-state index contributed by atoms with van der Waals surface area (Å²) in [5, 5.41) is 8.74. The van der Waals surface area contributed by atoms with Gasteiger partial charge in [-0.05, 0) is 11.6 Å². The van der Waals surface area contributed by atoms with Crippen LogP contribution in [0.25, 0.3) is 11.5 Å². The number of fused-ring (bicyclic) bond motifs is 1. The van der Waals surface area contributed by atoms with Gasteiger partial charge in [0, 0.05) is 19.7 Å². The van der Waals surface area contributed by atoms with Crippen LogP contribution in [0, 0.1) is 0 Å². The highest BCUT2D eigenvalue weighted by atomic mass is 19.1. The predicted molar refractivity (Wildman–Crippen MR) is 75.3 cm³/mol. The second kappa shape index (κ2) is 4.51. The average molecular weight is 283 g/mol. The third kappa shape index (κ3) is 1.94. The van der Waals surface area contributed by atoms with Gasteiger partial charge in [-0.15, -0.1) is 5.10 Å². The third-order valence-electron chi connectivity index (χ3n) is 3.79. The van der Waals surface area contributed by atoms with Crippen LogP contribution in [0.4, 0.5) is 4.39 Å². The molecule has 5 nitrogen and oxygen atoms in total. The summed E-state index contributed by atoms with van der Waals surface area (Å²) in [4.78, 5) is 4.33. The van der Waals surface area contributed by atoms with Crippen molar-refractivity contribution in [3.63, 3.8) is 0 Å². The number of hydrogen-bond acceptors (Lipinski definition) is 3. The molecule has 0 spiro atoms. The molecule has 0 N–H and O–H groups in total. The zero-order valence-electron chi connectivity index (χ0n) is 11.5. The lowest BCUT2D eigenvalue weighted by atomic mass is 10.0. The summed E-state index contributed by atoms with van der Waals surface area (Å²) in [5.41, 5.74) is 1.72. The van der Waals surface area contributed by atoms with E-state index in [9.17, 15) is 4.39 Å². The quantitative estimate of drug-likeness (QED) is 0.726. The second-order valence-corrected chi connectivity index (χ2v) is 5.24. The van der Waals surface area contributed by atoms with Crippen molar-refractivity contribution in [1.29, 1.82) is 0 Å². The Morgan fingerprint density at radius 2 is 1.95 bits per heavy atom. The molecular formula is C15H14FN5. The maximum absolute atomic E-state index is 14.2. The van der Waals surface area contributed by atoms with Crippen LogP contribution >= 0.6 is 0 Å². The van der Waals surface area contributed by atoms with Crippen LogP contribution in [-0.2, 0) is 7.05 Å². The molecule has 0 radical (unpaired) electrons. The van der Waals surface area contributed by atoms with E-state index in [1.54, 1.807) is 9.36 Å². The minimum atomic E-state index is -1.08. The SMILES string of the molecule is Cn1ccc(-c2nc3n(n2)[C@H](c2ccccc2)C[C@@H]3F)n1. The molecule has 0 aliphatic carbocycles. The Bertz CT molecular complexity index is 776. The van der Waals surface area contributed by atoms with Crippen molar-refractivity contribution in [3.05, 3.63) is 54.0 Å². The smallest absolute Gasteiger partial charge is 0.202 e. The van der Waals surface area contributed by atoms with Gasteiger partial charge in [-0.25, -0.2) is 14.1 Å². The first kappa shape index (κ1) is 12.3. The van der Waals surface area contributed by atoms with Crippen LogP contribution in [0.15, 0.2) is 42.6 Å². The minimum Gasteiger partial charge on any atom is -0.275 e. The van der Waals surface area contributed by atoms with E-state index < -0.39 is 6.17 Å². The maximum Gasteiger partial charge on any atom is 0.202 e. The third-order valence-corrected chi connectivity index (χ3v) is 3.79. The lowest BCUT2D eigenvalue weighted by molar-refractivity contribution is 0.329. The lowest BCUT2D eigenvalue weighted by Crippen LogP contribution is -2.07. The number of rotatable bonds is 2. The van der Waals surface area contributed by atoms with Gasteiger partial charge >= 0.3 is 0 Å². The molecule has 21 heavy (non-hydrogen) atoms. The van der Waals surface area contributed by atoms with Gasteiger partial charge in [0.1, 0.15) is 5.69 Å². The summed E-state index contributed by atoms with van der Waals surface area (Å²) in [6.45, 7) is 0. The van der Waals surface area contributed by atoms with Crippen molar-refractivity contribution >= 4 is 0 Å². The monoisotopic (exact) mass is 283 g/mol. The first-order valence-electron chi connectivity index (χ1n) is 6.88. The number of aromatic nitrogens is 5. The summed E-state index contributed by atoms with van der Waals surface area (Å²) in [5.74, 6) is 0.874. The van der Waals surface area contributed by atoms with Gasteiger partial charge in [-0.2, -0.15) is 5.10 Å². The van der Waals surface area contributed by atoms with E-state index in [4.69, 9.17) is 0 Å². The van der Waals surface area contributed by atoms with Crippen LogP contribution < -0.4 is 0 Å². The Morgan fingerprint density at radius 3 is 2.67 bits per heavy atom. The van der Waals surface area contributed by atoms with Gasteiger partial charge in [0.25, 0.3) is 0 Å². The Hall–Kier alpha value is -2.50. The van der Waals surface area contributed by atoms with Crippen molar-refractivity contribution in [2.75, 3.05) is 0 Å². The molecule has 2 atom stereocenters. The van der Waals surface area contributed by atoms with Gasteiger partial charge in [-0.1, -0.05) is 30.3 Å². The molecular weight excluding hydrogens is 269 g/mol. The van der Waals surface area contributed by atoms with Gasteiger partial charge in [-0.3, -0.25) is 4.68 Å². The molecule has 0 saturated carbocycles. The molecule has 106 valence electrons. The summed E-state index contributed by atoms with van der Waals surface area (Å²) < 4.78 is 17.6. The largest absolute Gasteiger partial charge is 0.275 e. The molecule has 1 aromatic carbocycles. The number of hydrogen-bond donors (Lipinski definition) is 0. The molecule has 0 bridgehead atoms. The van der Waals surface area contributed by atoms with Crippen molar-refractivity contribution in [2.45, 2.75) is 18.6 Å². The fourth-order valence-electron chi connectivity index (χ4n) is 2.77. The maximum atomic E-state index is 14.2. The first-order valence-corrected chi connectivity index (χ1v) is 6.88. The Balaban J connectivity index is 1.77. The van der Waals surface area contributed by atoms with E-state index in [0.29, 0.717) is 23.8 Å². The topological polar surface area (TPSA) is 48.5 Å². The Morgan fingerprint density at radius 1 is 1.14 bits per heavy atom. The van der Waals surface area contributed by atoms with Gasteiger partial charge in [0.05, 0.1) is 6.04 Å². The van der Waals surface area contributed by atoms with Gasteiger partial charge in [0.2, 0.25) is 5.82 Å². The van der Waals surface area contributed by atoms with Gasteiger partial charge < -0.3 is 0 Å². The zero-order chi connectivity index (χ0) is 14.4. The highest BCUT2D eigenvalue weighted by Crippen LogP contribution is 2.39. The Kier molecular flexibility index (Phi) is 2.63. The van der Waals surface area contributed by atoms with E-state index in [2.05, 4.69) is 15.2 Å². The molecule has 0 amide bonds. The zero-order valence-corrected chi connectivity index (χ0v) is 11.5. The van der Waals surface area contributed by atoms with Crippen LogP contribution in [0.1, 0.15) is 30.0 Å². The molecule has 6 heteroatoms. The molecule has 2 aromatic heterocycles. The average Bonchev–Trinajstić information content (AvgIpc) is 3.17. The van der Waals surface area contributed by atoms with Crippen molar-refractivity contribution in [1.82, 2.24) is 24.5 Å². The van der Waals surface area contributed by atoms with E-state index in [1.807, 2.05) is 49.6 Å². The fraction of sp³-hybridized carbons (Fsp3) is 0.267.